The summed E-state index contributed by atoms with van der Waals surface area (Å²) in [5.41, 5.74) is 0.845. The van der Waals surface area contributed by atoms with E-state index in [-0.39, 0.29) is 32.9 Å². The van der Waals surface area contributed by atoms with Crippen molar-refractivity contribution >= 4 is 55.6 Å². The van der Waals surface area contributed by atoms with E-state index in [9.17, 15) is 18.3 Å². The standard InChI is InChI=1S/C20H19N3O7S2/c1-3-32(27,28)16-8-6-14(7-9-16)22-23-19-18(31-30-29-26)10-13-4-5-15(21-12(2)24)11-17(13)20(19)25/h4-11,25-26H,3H2,1-2H3,(H,21,24). The minimum atomic E-state index is -3.34. The van der Waals surface area contributed by atoms with Gasteiger partial charge in [0.15, 0.2) is 15.6 Å². The summed E-state index contributed by atoms with van der Waals surface area (Å²) in [6.07, 6.45) is 0. The molecule has 0 aliphatic carbocycles. The number of nitrogens with one attached hydrogen (secondary N) is 1. The number of phenols is 1. The number of phenolic OH excluding ortho intramolecular Hbond substituents is 1. The Labute approximate surface area is 187 Å². The van der Waals surface area contributed by atoms with Crippen LogP contribution in [0.5, 0.6) is 5.75 Å². The molecular formula is C20H19N3O7S2. The maximum absolute atomic E-state index is 11.9. The van der Waals surface area contributed by atoms with E-state index in [1.54, 1.807) is 31.2 Å². The Bertz CT molecular complexity index is 1280. The molecule has 0 bridgehead atoms. The van der Waals surface area contributed by atoms with Crippen LogP contribution >= 0.6 is 12.0 Å². The van der Waals surface area contributed by atoms with Crippen LogP contribution in [0.3, 0.4) is 0 Å². The molecule has 3 rings (SSSR count). The Balaban J connectivity index is 2.04. The lowest BCUT2D eigenvalue weighted by Crippen LogP contribution is -2.05. The van der Waals surface area contributed by atoms with E-state index in [2.05, 4.69) is 24.9 Å². The van der Waals surface area contributed by atoms with Gasteiger partial charge in [0.05, 0.1) is 33.3 Å². The van der Waals surface area contributed by atoms with E-state index >= 15 is 0 Å². The lowest BCUT2D eigenvalue weighted by molar-refractivity contribution is -0.432. The SMILES string of the molecule is CCS(=O)(=O)c1ccc(N=Nc2c(SOOO)cc3ccc(NC(C)=O)cc3c2O)cc1. The average molecular weight is 478 g/mol. The van der Waals surface area contributed by atoms with Crippen molar-refractivity contribution in [3.63, 3.8) is 0 Å². The average Bonchev–Trinajstić information content (AvgIpc) is 2.77. The molecule has 3 N–H and O–H groups in total. The first-order chi connectivity index (χ1) is 15.2. The van der Waals surface area contributed by atoms with Crippen molar-refractivity contribution < 1.29 is 32.9 Å². The Morgan fingerprint density at radius 3 is 2.47 bits per heavy atom. The second kappa shape index (κ2) is 10.1. The fourth-order valence-electron chi connectivity index (χ4n) is 2.83. The van der Waals surface area contributed by atoms with E-state index in [1.165, 1.54) is 31.2 Å². The molecule has 168 valence electrons. The smallest absolute Gasteiger partial charge is 0.221 e. The van der Waals surface area contributed by atoms with Crippen LogP contribution in [0.25, 0.3) is 10.8 Å². The zero-order valence-electron chi connectivity index (χ0n) is 17.0. The number of anilines is 1. The summed E-state index contributed by atoms with van der Waals surface area (Å²) in [6.45, 7) is 2.92. The van der Waals surface area contributed by atoms with Crippen LogP contribution in [0.2, 0.25) is 0 Å². The van der Waals surface area contributed by atoms with Crippen LogP contribution in [-0.4, -0.2) is 30.4 Å². The van der Waals surface area contributed by atoms with Crippen molar-refractivity contribution in [3.8, 4) is 5.75 Å². The predicted octanol–water partition coefficient (Wildman–Crippen LogP) is 5.14. The maximum Gasteiger partial charge on any atom is 0.221 e. The summed E-state index contributed by atoms with van der Waals surface area (Å²) < 4.78 is 28.4. The molecule has 0 fully saturated rings. The van der Waals surface area contributed by atoms with Crippen molar-refractivity contribution in [2.45, 2.75) is 23.6 Å². The number of aromatic hydroxyl groups is 1. The second-order valence-electron chi connectivity index (χ2n) is 6.51. The highest BCUT2D eigenvalue weighted by Gasteiger charge is 2.16. The Kier molecular flexibility index (Phi) is 7.43. The van der Waals surface area contributed by atoms with Crippen LogP contribution in [0.1, 0.15) is 13.8 Å². The quantitative estimate of drug-likeness (QED) is 0.175. The Hall–Kier alpha value is -3.03. The molecule has 0 aliphatic rings. The van der Waals surface area contributed by atoms with Gasteiger partial charge in [-0.05, 0) is 47.9 Å². The number of fused-ring (bicyclic) bond motifs is 1. The summed E-state index contributed by atoms with van der Waals surface area (Å²) in [6, 6.07) is 12.4. The van der Waals surface area contributed by atoms with Crippen LogP contribution in [-0.2, 0) is 24.0 Å². The minimum absolute atomic E-state index is 0.0183. The number of sulfone groups is 1. The molecule has 1 amide bonds. The molecule has 0 unspecified atom stereocenters. The van der Waals surface area contributed by atoms with Crippen molar-refractivity contribution in [3.05, 3.63) is 48.5 Å². The number of rotatable bonds is 8. The molecule has 10 nitrogen and oxygen atoms in total. The molecule has 0 saturated carbocycles. The first kappa shape index (κ1) is 23.6. The monoisotopic (exact) mass is 477 g/mol. The number of carbonyl (C=O) groups excluding carboxylic acids is 1. The van der Waals surface area contributed by atoms with Crippen LogP contribution in [0, 0.1) is 0 Å². The third-order valence-electron chi connectivity index (χ3n) is 4.37. The predicted molar refractivity (Wildman–Crippen MR) is 119 cm³/mol. The highest BCUT2D eigenvalue weighted by atomic mass is 32.2. The van der Waals surface area contributed by atoms with Gasteiger partial charge < -0.3 is 10.4 Å². The molecule has 0 spiro atoms. The molecular weight excluding hydrogens is 458 g/mol. The highest BCUT2D eigenvalue weighted by molar-refractivity contribution is 7.94. The van der Waals surface area contributed by atoms with E-state index in [4.69, 9.17) is 5.26 Å². The molecule has 0 radical (unpaired) electrons. The Morgan fingerprint density at radius 2 is 1.84 bits per heavy atom. The van der Waals surface area contributed by atoms with Crippen molar-refractivity contribution in [2.24, 2.45) is 10.2 Å². The number of hydrogen-bond donors (Lipinski definition) is 3. The largest absolute Gasteiger partial charge is 0.505 e. The van der Waals surface area contributed by atoms with Gasteiger partial charge in [0.1, 0.15) is 5.69 Å². The molecule has 12 heteroatoms. The van der Waals surface area contributed by atoms with Gasteiger partial charge in [0.2, 0.25) is 5.91 Å². The summed E-state index contributed by atoms with van der Waals surface area (Å²) in [4.78, 5) is 11.8. The van der Waals surface area contributed by atoms with Gasteiger partial charge in [-0.25, -0.2) is 13.7 Å². The summed E-state index contributed by atoms with van der Waals surface area (Å²) in [7, 11) is -3.34. The summed E-state index contributed by atoms with van der Waals surface area (Å²) >= 11 is 0.600. The van der Waals surface area contributed by atoms with E-state index in [1.807, 2.05) is 0 Å². The Morgan fingerprint density at radius 1 is 1.12 bits per heavy atom. The lowest BCUT2D eigenvalue weighted by atomic mass is 10.1. The van der Waals surface area contributed by atoms with Gasteiger partial charge in [-0.1, -0.05) is 18.0 Å². The summed E-state index contributed by atoms with van der Waals surface area (Å²) in [5, 5.41) is 34.7. The van der Waals surface area contributed by atoms with Gasteiger partial charge >= 0.3 is 0 Å². The van der Waals surface area contributed by atoms with Gasteiger partial charge in [-0.15, -0.1) is 9.45 Å². The first-order valence-corrected chi connectivity index (χ1v) is 11.6. The molecule has 3 aromatic carbocycles. The third-order valence-corrected chi connectivity index (χ3v) is 6.74. The second-order valence-corrected chi connectivity index (χ2v) is 9.53. The number of hydrogen-bond acceptors (Lipinski definition) is 10. The molecule has 0 aliphatic heterocycles. The molecule has 0 atom stereocenters. The molecule has 3 aromatic rings. The number of azo groups is 1. The highest BCUT2D eigenvalue weighted by Crippen LogP contribution is 2.44. The topological polar surface area (TPSA) is 147 Å². The van der Waals surface area contributed by atoms with Crippen molar-refractivity contribution in [1.29, 1.82) is 0 Å². The number of amides is 1. The maximum atomic E-state index is 11.9. The zero-order chi connectivity index (χ0) is 23.3. The molecule has 0 saturated heterocycles. The van der Waals surface area contributed by atoms with E-state index < -0.39 is 9.84 Å². The van der Waals surface area contributed by atoms with Crippen molar-refractivity contribution in [2.75, 3.05) is 11.1 Å². The first-order valence-electron chi connectivity index (χ1n) is 9.21. The van der Waals surface area contributed by atoms with E-state index in [0.717, 1.165) is 0 Å². The van der Waals surface area contributed by atoms with Gasteiger partial charge in [0.25, 0.3) is 0 Å². The third kappa shape index (κ3) is 5.41. The normalized spacial score (nSPS) is 11.8. The van der Waals surface area contributed by atoms with Crippen LogP contribution in [0.15, 0.2) is 68.6 Å². The molecule has 32 heavy (non-hydrogen) atoms. The molecule has 0 heterocycles. The number of benzene rings is 3. The minimum Gasteiger partial charge on any atom is -0.505 e. The zero-order valence-corrected chi connectivity index (χ0v) is 18.6. The van der Waals surface area contributed by atoms with E-state index in [0.29, 0.717) is 34.2 Å². The lowest BCUT2D eigenvalue weighted by Gasteiger charge is -2.10. The van der Waals surface area contributed by atoms with Gasteiger partial charge in [-0.3, -0.25) is 4.79 Å². The summed E-state index contributed by atoms with van der Waals surface area (Å²) in [5.74, 6) is -0.530. The van der Waals surface area contributed by atoms with Gasteiger partial charge in [-0.2, -0.15) is 5.11 Å². The number of carbonyl (C=O) groups is 1. The van der Waals surface area contributed by atoms with Crippen LogP contribution < -0.4 is 5.32 Å². The van der Waals surface area contributed by atoms with Crippen LogP contribution in [0.4, 0.5) is 17.1 Å². The fraction of sp³-hybridized carbons (Fsp3) is 0.150. The van der Waals surface area contributed by atoms with Gasteiger partial charge in [0, 0.05) is 18.0 Å². The number of nitrogens with zero attached hydrogens (tertiary/aromatic N) is 2. The van der Waals surface area contributed by atoms with Crippen molar-refractivity contribution in [1.82, 2.24) is 0 Å². The fourth-order valence-corrected chi connectivity index (χ4v) is 4.21. The molecule has 0 aromatic heterocycles.